The van der Waals surface area contributed by atoms with E-state index in [1.54, 1.807) is 31.2 Å². The number of aryl methyl sites for hydroxylation is 1. The molecule has 0 radical (unpaired) electrons. The predicted molar refractivity (Wildman–Crippen MR) is 123 cm³/mol. The van der Waals surface area contributed by atoms with Gasteiger partial charge in [0, 0.05) is 18.2 Å². The molecule has 0 unspecified atom stereocenters. The molecule has 1 aliphatic heterocycles. The fraction of sp³-hybridized carbons (Fsp3) is 0.400. The minimum absolute atomic E-state index is 0.0322. The predicted octanol–water partition coefficient (Wildman–Crippen LogP) is 4.32. The van der Waals surface area contributed by atoms with Crippen molar-refractivity contribution in [2.24, 2.45) is 0 Å². The molecule has 1 saturated heterocycles. The van der Waals surface area contributed by atoms with Crippen molar-refractivity contribution < 1.29 is 19.1 Å². The second-order valence-corrected chi connectivity index (χ2v) is 8.21. The van der Waals surface area contributed by atoms with Gasteiger partial charge in [0.05, 0.1) is 6.54 Å². The molecule has 1 aliphatic rings. The normalized spacial score (nSPS) is 18.8. The van der Waals surface area contributed by atoms with Gasteiger partial charge in [-0.1, -0.05) is 55.8 Å². The van der Waals surface area contributed by atoms with Crippen LogP contribution in [0.2, 0.25) is 0 Å². The molecule has 0 saturated carbocycles. The third-order valence-electron chi connectivity index (χ3n) is 5.65. The largest absolute Gasteiger partial charge is 0.438 e. The van der Waals surface area contributed by atoms with Crippen LogP contribution in [0.4, 0.5) is 10.5 Å². The van der Waals surface area contributed by atoms with Gasteiger partial charge in [0.15, 0.2) is 12.1 Å². The van der Waals surface area contributed by atoms with Gasteiger partial charge in [-0.05, 0) is 43.5 Å². The molecule has 2 N–H and O–H groups in total. The summed E-state index contributed by atoms with van der Waals surface area (Å²) in [6.07, 6.45) is -0.195. The Balaban J connectivity index is 1.92. The Morgan fingerprint density at radius 2 is 1.84 bits per heavy atom. The molecule has 3 rings (SSSR count). The third kappa shape index (κ3) is 5.46. The summed E-state index contributed by atoms with van der Waals surface area (Å²) in [6.45, 7) is 7.95. The number of carbonyl (C=O) groups is 3. The van der Waals surface area contributed by atoms with E-state index in [-0.39, 0.29) is 24.4 Å². The van der Waals surface area contributed by atoms with Crippen molar-refractivity contribution in [2.75, 3.05) is 5.32 Å². The van der Waals surface area contributed by atoms with Crippen molar-refractivity contribution in [3.8, 4) is 0 Å². The first kappa shape index (κ1) is 23.3. The topological polar surface area (TPSA) is 87.7 Å². The van der Waals surface area contributed by atoms with Crippen LogP contribution in [0.25, 0.3) is 0 Å². The van der Waals surface area contributed by atoms with Crippen LogP contribution in [0.3, 0.4) is 0 Å². The van der Waals surface area contributed by atoms with Crippen LogP contribution in [0.1, 0.15) is 56.4 Å². The summed E-state index contributed by atoms with van der Waals surface area (Å²) < 4.78 is 5.70. The zero-order valence-corrected chi connectivity index (χ0v) is 19.1. The van der Waals surface area contributed by atoms with E-state index in [0.29, 0.717) is 17.7 Å². The Labute approximate surface area is 189 Å². The number of benzene rings is 2. The van der Waals surface area contributed by atoms with E-state index in [0.717, 1.165) is 17.5 Å². The summed E-state index contributed by atoms with van der Waals surface area (Å²) in [6, 6.07) is 14.1. The van der Waals surface area contributed by atoms with E-state index >= 15 is 0 Å². The monoisotopic (exact) mass is 437 g/mol. The summed E-state index contributed by atoms with van der Waals surface area (Å²) in [5.74, 6) is -0.372. The number of cyclic esters (lactones) is 1. The van der Waals surface area contributed by atoms with E-state index in [2.05, 4.69) is 10.6 Å². The van der Waals surface area contributed by atoms with Crippen molar-refractivity contribution >= 4 is 23.6 Å². The summed E-state index contributed by atoms with van der Waals surface area (Å²) in [5, 5.41) is 5.80. The molecule has 7 nitrogen and oxygen atoms in total. The maximum atomic E-state index is 13.3. The van der Waals surface area contributed by atoms with Crippen LogP contribution in [0.15, 0.2) is 48.5 Å². The highest BCUT2D eigenvalue weighted by molar-refractivity contribution is 5.91. The first-order valence-corrected chi connectivity index (χ1v) is 11.0. The van der Waals surface area contributed by atoms with Crippen molar-refractivity contribution in [3.05, 3.63) is 65.2 Å². The molecule has 1 fully saturated rings. The van der Waals surface area contributed by atoms with E-state index in [1.807, 2.05) is 45.0 Å². The lowest BCUT2D eigenvalue weighted by atomic mass is 9.99. The molecule has 2 aromatic rings. The Bertz CT molecular complexity index is 973. The highest BCUT2D eigenvalue weighted by Crippen LogP contribution is 2.35. The molecule has 0 spiro atoms. The van der Waals surface area contributed by atoms with E-state index in [9.17, 15) is 14.4 Å². The number of ether oxygens (including phenoxy) is 1. The number of carbonyl (C=O) groups excluding carboxylic acids is 3. The molecule has 1 heterocycles. The zero-order chi connectivity index (χ0) is 23.3. The van der Waals surface area contributed by atoms with Crippen molar-refractivity contribution in [3.63, 3.8) is 0 Å². The lowest BCUT2D eigenvalue weighted by molar-refractivity contribution is -0.127. The van der Waals surface area contributed by atoms with Gasteiger partial charge in [-0.15, -0.1) is 0 Å². The fourth-order valence-corrected chi connectivity index (χ4v) is 3.57. The lowest BCUT2D eigenvalue weighted by Gasteiger charge is -2.26. The smallest absolute Gasteiger partial charge is 0.411 e. The average molecular weight is 438 g/mol. The maximum Gasteiger partial charge on any atom is 0.411 e. The molecule has 0 aromatic heterocycles. The van der Waals surface area contributed by atoms with Crippen LogP contribution in [0, 0.1) is 6.92 Å². The molecule has 2 aromatic carbocycles. The van der Waals surface area contributed by atoms with Gasteiger partial charge in [-0.3, -0.25) is 14.5 Å². The standard InChI is InChI=1S/C25H31N3O4/c1-5-17(4)26-24(30)22-23(19-8-7-9-20(14-19)27-21(29)6-2)32-25(31)28(22)15-18-12-10-16(3)11-13-18/h7-14,17,22-23H,5-6,15H2,1-4H3,(H,26,30)(H,27,29)/t17-,22+,23+/m1/s1. The second-order valence-electron chi connectivity index (χ2n) is 8.21. The maximum absolute atomic E-state index is 13.3. The molecule has 32 heavy (non-hydrogen) atoms. The Kier molecular flexibility index (Phi) is 7.51. The van der Waals surface area contributed by atoms with Crippen LogP contribution in [-0.2, 0) is 20.9 Å². The number of hydrogen-bond donors (Lipinski definition) is 2. The van der Waals surface area contributed by atoms with Gasteiger partial charge in [0.1, 0.15) is 0 Å². The number of rotatable bonds is 8. The Morgan fingerprint density at radius 3 is 2.50 bits per heavy atom. The molecule has 0 bridgehead atoms. The summed E-state index contributed by atoms with van der Waals surface area (Å²) in [5.41, 5.74) is 3.29. The van der Waals surface area contributed by atoms with E-state index in [1.165, 1.54) is 4.90 Å². The van der Waals surface area contributed by atoms with Crippen LogP contribution in [0.5, 0.6) is 0 Å². The molecular formula is C25H31N3O4. The average Bonchev–Trinajstić information content (AvgIpc) is 3.11. The van der Waals surface area contributed by atoms with Crippen molar-refractivity contribution in [1.82, 2.24) is 10.2 Å². The molecule has 7 heteroatoms. The van der Waals surface area contributed by atoms with Gasteiger partial charge < -0.3 is 15.4 Å². The van der Waals surface area contributed by atoms with Crippen LogP contribution < -0.4 is 10.6 Å². The minimum atomic E-state index is -0.824. The molecule has 3 atom stereocenters. The van der Waals surface area contributed by atoms with Crippen molar-refractivity contribution in [2.45, 2.75) is 65.3 Å². The Hall–Kier alpha value is -3.35. The number of anilines is 1. The SMILES string of the molecule is CCC(=O)Nc1cccc([C@@H]2OC(=O)N(Cc3ccc(C)cc3)[C@@H]2C(=O)N[C@H](C)CC)c1. The first-order chi connectivity index (χ1) is 15.3. The Morgan fingerprint density at radius 1 is 1.12 bits per heavy atom. The summed E-state index contributed by atoms with van der Waals surface area (Å²) in [7, 11) is 0. The molecular weight excluding hydrogens is 406 g/mol. The van der Waals surface area contributed by atoms with Crippen molar-refractivity contribution in [1.29, 1.82) is 0 Å². The summed E-state index contributed by atoms with van der Waals surface area (Å²) in [4.78, 5) is 39.4. The lowest BCUT2D eigenvalue weighted by Crippen LogP contribution is -2.48. The third-order valence-corrected chi connectivity index (χ3v) is 5.65. The van der Waals surface area contributed by atoms with Gasteiger partial charge in [-0.2, -0.15) is 0 Å². The molecule has 170 valence electrons. The molecule has 0 aliphatic carbocycles. The fourth-order valence-electron chi connectivity index (χ4n) is 3.57. The first-order valence-electron chi connectivity index (χ1n) is 11.0. The highest BCUT2D eigenvalue weighted by Gasteiger charge is 2.47. The molecule has 3 amide bonds. The number of nitrogens with one attached hydrogen (secondary N) is 2. The van der Waals surface area contributed by atoms with Gasteiger partial charge >= 0.3 is 6.09 Å². The zero-order valence-electron chi connectivity index (χ0n) is 19.1. The van der Waals surface area contributed by atoms with E-state index in [4.69, 9.17) is 4.74 Å². The van der Waals surface area contributed by atoms with Gasteiger partial charge in [0.2, 0.25) is 11.8 Å². The van der Waals surface area contributed by atoms with E-state index < -0.39 is 18.2 Å². The summed E-state index contributed by atoms with van der Waals surface area (Å²) >= 11 is 0. The van der Waals surface area contributed by atoms with Gasteiger partial charge in [-0.25, -0.2) is 4.79 Å². The van der Waals surface area contributed by atoms with Crippen LogP contribution >= 0.6 is 0 Å². The minimum Gasteiger partial charge on any atom is -0.438 e. The number of nitrogens with zero attached hydrogens (tertiary/aromatic N) is 1. The quantitative estimate of drug-likeness (QED) is 0.644. The van der Waals surface area contributed by atoms with Gasteiger partial charge in [0.25, 0.3) is 0 Å². The number of hydrogen-bond acceptors (Lipinski definition) is 4. The van der Waals surface area contributed by atoms with Crippen LogP contribution in [-0.4, -0.2) is 34.9 Å². The second kappa shape index (κ2) is 10.3. The highest BCUT2D eigenvalue weighted by atomic mass is 16.6. The number of amides is 3.